The van der Waals surface area contributed by atoms with E-state index >= 15 is 0 Å². The van der Waals surface area contributed by atoms with E-state index in [1.165, 1.54) is 4.90 Å². The summed E-state index contributed by atoms with van der Waals surface area (Å²) in [7, 11) is 0. The number of amides is 1. The molecule has 1 amide bonds. The number of likely N-dealkylation sites (tertiary alicyclic amines) is 1. The van der Waals surface area contributed by atoms with Crippen molar-refractivity contribution >= 4 is 11.9 Å². The summed E-state index contributed by atoms with van der Waals surface area (Å²) in [5.74, 6) is -1.92. The number of hydrogen-bond donors (Lipinski definition) is 0. The first-order valence-electron chi connectivity index (χ1n) is 3.74. The number of carboxylic acid groups (broad SMARTS) is 1. The molecule has 0 saturated carbocycles. The van der Waals surface area contributed by atoms with Crippen LogP contribution in [0.2, 0.25) is 0 Å². The van der Waals surface area contributed by atoms with Crippen LogP contribution >= 0.6 is 0 Å². The number of carboxylic acids is 1. The second-order valence-electron chi connectivity index (χ2n) is 2.81. The van der Waals surface area contributed by atoms with Crippen LogP contribution in [0.15, 0.2) is 12.7 Å². The lowest BCUT2D eigenvalue weighted by molar-refractivity contribution is -0.311. The Morgan fingerprint density at radius 1 is 1.83 bits per heavy atom. The average Bonchev–Trinajstić information content (AvgIpc) is 2.34. The van der Waals surface area contributed by atoms with Gasteiger partial charge in [-0.05, 0) is 0 Å². The van der Waals surface area contributed by atoms with Crippen LogP contribution in [0.4, 0.5) is 0 Å². The number of hydrogen-bond acceptors (Lipinski definition) is 3. The van der Waals surface area contributed by atoms with Crippen molar-refractivity contribution in [2.45, 2.75) is 6.42 Å². The summed E-state index contributed by atoms with van der Waals surface area (Å²) in [6, 6.07) is 0. The molecular formula is C8H10NO3-. The Hall–Kier alpha value is -1.32. The van der Waals surface area contributed by atoms with E-state index in [9.17, 15) is 14.7 Å². The quantitative estimate of drug-likeness (QED) is 0.496. The Bertz CT molecular complexity index is 224. The molecule has 0 spiro atoms. The highest BCUT2D eigenvalue weighted by Gasteiger charge is 2.29. The van der Waals surface area contributed by atoms with Crippen molar-refractivity contribution in [1.82, 2.24) is 4.90 Å². The third-order valence-electron chi connectivity index (χ3n) is 1.90. The summed E-state index contributed by atoms with van der Waals surface area (Å²) >= 11 is 0. The number of carbonyl (C=O) groups excluding carboxylic acids is 2. The van der Waals surface area contributed by atoms with E-state index in [-0.39, 0.29) is 18.9 Å². The number of rotatable bonds is 3. The van der Waals surface area contributed by atoms with Crippen molar-refractivity contribution in [3.8, 4) is 0 Å². The molecule has 12 heavy (non-hydrogen) atoms. The highest BCUT2D eigenvalue weighted by atomic mass is 16.4. The Balaban J connectivity index is 2.55. The van der Waals surface area contributed by atoms with Gasteiger partial charge in [-0.25, -0.2) is 0 Å². The molecule has 4 heteroatoms. The smallest absolute Gasteiger partial charge is 0.223 e. The number of nitrogens with zero attached hydrogens (tertiary/aromatic N) is 1. The Labute approximate surface area is 70.5 Å². The van der Waals surface area contributed by atoms with Gasteiger partial charge < -0.3 is 14.8 Å². The molecule has 0 N–H and O–H groups in total. The topological polar surface area (TPSA) is 60.4 Å². The SMILES string of the molecule is C=CCN1C[C@@H](C(=O)[O-])CC1=O. The lowest BCUT2D eigenvalue weighted by Gasteiger charge is -2.14. The van der Waals surface area contributed by atoms with Crippen molar-refractivity contribution < 1.29 is 14.7 Å². The van der Waals surface area contributed by atoms with Crippen molar-refractivity contribution in [2.75, 3.05) is 13.1 Å². The second-order valence-corrected chi connectivity index (χ2v) is 2.81. The molecule has 0 radical (unpaired) electrons. The largest absolute Gasteiger partial charge is 0.550 e. The van der Waals surface area contributed by atoms with Crippen LogP contribution in [0.5, 0.6) is 0 Å². The molecule has 0 aromatic carbocycles. The molecule has 1 aliphatic heterocycles. The predicted molar refractivity (Wildman–Crippen MR) is 39.9 cm³/mol. The Kier molecular flexibility index (Phi) is 2.47. The summed E-state index contributed by atoms with van der Waals surface area (Å²) in [5.41, 5.74) is 0. The minimum atomic E-state index is -1.14. The van der Waals surface area contributed by atoms with Crippen LogP contribution in [0.25, 0.3) is 0 Å². The molecule has 1 aliphatic rings. The van der Waals surface area contributed by atoms with Crippen LogP contribution in [-0.4, -0.2) is 29.9 Å². The third kappa shape index (κ3) is 1.64. The summed E-state index contributed by atoms with van der Waals surface area (Å²) in [6.45, 7) is 4.15. The Morgan fingerprint density at radius 3 is 2.92 bits per heavy atom. The predicted octanol–water partition coefficient (Wildman–Crippen LogP) is -1.23. The van der Waals surface area contributed by atoms with Crippen LogP contribution in [0, 0.1) is 5.92 Å². The van der Waals surface area contributed by atoms with Gasteiger partial charge in [0.05, 0.1) is 0 Å². The van der Waals surface area contributed by atoms with Gasteiger partial charge in [-0.15, -0.1) is 6.58 Å². The first-order chi connectivity index (χ1) is 5.65. The number of aliphatic carboxylic acids is 1. The highest BCUT2D eigenvalue weighted by molar-refractivity contribution is 5.85. The lowest BCUT2D eigenvalue weighted by atomic mass is 10.1. The summed E-state index contributed by atoms with van der Waals surface area (Å²) in [6.07, 6.45) is 1.64. The van der Waals surface area contributed by atoms with Gasteiger partial charge in [0, 0.05) is 31.4 Å². The van der Waals surface area contributed by atoms with E-state index in [0.29, 0.717) is 6.54 Å². The monoisotopic (exact) mass is 168 g/mol. The Morgan fingerprint density at radius 2 is 2.50 bits per heavy atom. The molecule has 0 bridgehead atoms. The van der Waals surface area contributed by atoms with Crippen LogP contribution < -0.4 is 5.11 Å². The average molecular weight is 168 g/mol. The van der Waals surface area contributed by atoms with Gasteiger partial charge in [-0.1, -0.05) is 6.08 Å². The van der Waals surface area contributed by atoms with E-state index in [0.717, 1.165) is 0 Å². The summed E-state index contributed by atoms with van der Waals surface area (Å²) in [4.78, 5) is 22.9. The molecule has 0 aromatic rings. The first kappa shape index (κ1) is 8.77. The van der Waals surface area contributed by atoms with E-state index in [2.05, 4.69) is 6.58 Å². The molecule has 0 aromatic heterocycles. The fourth-order valence-corrected chi connectivity index (χ4v) is 1.26. The lowest BCUT2D eigenvalue weighted by Crippen LogP contribution is -2.33. The maximum atomic E-state index is 11.1. The molecule has 1 heterocycles. The maximum absolute atomic E-state index is 11.1. The summed E-state index contributed by atoms with van der Waals surface area (Å²) < 4.78 is 0. The van der Waals surface area contributed by atoms with E-state index in [1.54, 1.807) is 6.08 Å². The molecule has 4 nitrogen and oxygen atoms in total. The molecule has 0 unspecified atom stereocenters. The molecule has 1 saturated heterocycles. The first-order valence-corrected chi connectivity index (χ1v) is 3.74. The maximum Gasteiger partial charge on any atom is 0.223 e. The van der Waals surface area contributed by atoms with Crippen molar-refractivity contribution in [2.24, 2.45) is 5.92 Å². The van der Waals surface area contributed by atoms with E-state index in [4.69, 9.17) is 0 Å². The highest BCUT2D eigenvalue weighted by Crippen LogP contribution is 2.16. The molecule has 0 aliphatic carbocycles. The van der Waals surface area contributed by atoms with Gasteiger partial charge in [0.15, 0.2) is 0 Å². The van der Waals surface area contributed by atoms with Crippen molar-refractivity contribution in [1.29, 1.82) is 0 Å². The molecular weight excluding hydrogens is 158 g/mol. The van der Waals surface area contributed by atoms with Crippen LogP contribution in [-0.2, 0) is 9.59 Å². The molecule has 1 fully saturated rings. The minimum absolute atomic E-state index is 0.0656. The molecule has 1 atom stereocenters. The van der Waals surface area contributed by atoms with Gasteiger partial charge in [-0.3, -0.25) is 4.79 Å². The van der Waals surface area contributed by atoms with E-state index in [1.807, 2.05) is 0 Å². The zero-order chi connectivity index (χ0) is 9.14. The van der Waals surface area contributed by atoms with Gasteiger partial charge >= 0.3 is 0 Å². The van der Waals surface area contributed by atoms with Crippen LogP contribution in [0.3, 0.4) is 0 Å². The normalized spacial score (nSPS) is 22.8. The second kappa shape index (κ2) is 3.38. The van der Waals surface area contributed by atoms with Gasteiger partial charge in [0.25, 0.3) is 0 Å². The van der Waals surface area contributed by atoms with Gasteiger partial charge in [0.2, 0.25) is 5.91 Å². The van der Waals surface area contributed by atoms with Crippen molar-refractivity contribution in [3.05, 3.63) is 12.7 Å². The van der Waals surface area contributed by atoms with Crippen molar-refractivity contribution in [3.63, 3.8) is 0 Å². The minimum Gasteiger partial charge on any atom is -0.550 e. The zero-order valence-corrected chi connectivity index (χ0v) is 6.66. The zero-order valence-electron chi connectivity index (χ0n) is 6.66. The van der Waals surface area contributed by atoms with Gasteiger partial charge in [0.1, 0.15) is 0 Å². The third-order valence-corrected chi connectivity index (χ3v) is 1.90. The standard InChI is InChI=1S/C8H11NO3/c1-2-3-9-5-6(8(11)12)4-7(9)10/h2,6H,1,3-5H2,(H,11,12)/p-1/t6-/m0/s1. The fourth-order valence-electron chi connectivity index (χ4n) is 1.26. The summed E-state index contributed by atoms with van der Waals surface area (Å²) in [5, 5.41) is 10.4. The van der Waals surface area contributed by atoms with Crippen LogP contribution in [0.1, 0.15) is 6.42 Å². The van der Waals surface area contributed by atoms with E-state index < -0.39 is 11.9 Å². The number of carbonyl (C=O) groups is 2. The molecule has 1 rings (SSSR count). The van der Waals surface area contributed by atoms with Gasteiger partial charge in [-0.2, -0.15) is 0 Å². The fraction of sp³-hybridized carbons (Fsp3) is 0.500. The molecule has 66 valence electrons.